The van der Waals surface area contributed by atoms with Gasteiger partial charge in [0.1, 0.15) is 0 Å². The first-order valence-corrected chi connectivity index (χ1v) is 8.02. The van der Waals surface area contributed by atoms with Crippen LogP contribution in [-0.4, -0.2) is 42.0 Å². The molecule has 126 valence electrons. The number of rotatable bonds is 4. The summed E-state index contributed by atoms with van der Waals surface area (Å²) in [7, 11) is 0. The largest absolute Gasteiger partial charge is 0.352 e. The predicted octanol–water partition coefficient (Wildman–Crippen LogP) is 1.30. The van der Waals surface area contributed by atoms with Crippen LogP contribution in [0.15, 0.2) is 24.3 Å². The molecule has 6 heteroatoms. The van der Waals surface area contributed by atoms with Crippen molar-refractivity contribution in [3.8, 4) is 0 Å². The Labute approximate surface area is 137 Å². The summed E-state index contributed by atoms with van der Waals surface area (Å²) in [6.07, 6.45) is 0.216. The molecule has 0 saturated carbocycles. The van der Waals surface area contributed by atoms with Crippen LogP contribution in [0.1, 0.15) is 37.4 Å². The SMILES string of the molecule is Cc1ccccc1[C@H](CC(=O)N1C[C@H](C)N[C@@H](C)C1)NC(N)=O. The van der Waals surface area contributed by atoms with E-state index >= 15 is 0 Å². The number of nitrogens with zero attached hydrogens (tertiary/aromatic N) is 1. The fraction of sp³-hybridized carbons (Fsp3) is 0.529. The maximum atomic E-state index is 12.7. The molecular formula is C17H26N4O2. The fourth-order valence-corrected chi connectivity index (χ4v) is 3.22. The van der Waals surface area contributed by atoms with Crippen LogP contribution in [0, 0.1) is 6.92 Å². The van der Waals surface area contributed by atoms with E-state index in [-0.39, 0.29) is 24.4 Å². The van der Waals surface area contributed by atoms with Crippen molar-refractivity contribution < 1.29 is 9.59 Å². The van der Waals surface area contributed by atoms with Gasteiger partial charge in [-0.3, -0.25) is 4.79 Å². The molecule has 0 aromatic heterocycles. The number of hydrogen-bond donors (Lipinski definition) is 3. The molecule has 0 spiro atoms. The number of nitrogens with one attached hydrogen (secondary N) is 2. The number of aryl methyl sites for hydroxylation is 1. The lowest BCUT2D eigenvalue weighted by Crippen LogP contribution is -2.56. The predicted molar refractivity (Wildman–Crippen MR) is 89.9 cm³/mol. The van der Waals surface area contributed by atoms with Crippen LogP contribution in [0.3, 0.4) is 0 Å². The molecule has 1 saturated heterocycles. The number of hydrogen-bond acceptors (Lipinski definition) is 3. The molecular weight excluding hydrogens is 292 g/mol. The number of benzene rings is 1. The third kappa shape index (κ3) is 4.69. The average Bonchev–Trinajstić information content (AvgIpc) is 2.45. The lowest BCUT2D eigenvalue weighted by Gasteiger charge is -2.37. The summed E-state index contributed by atoms with van der Waals surface area (Å²) in [4.78, 5) is 25.9. The van der Waals surface area contributed by atoms with E-state index in [0.29, 0.717) is 13.1 Å². The zero-order valence-electron chi connectivity index (χ0n) is 14.0. The highest BCUT2D eigenvalue weighted by Gasteiger charge is 2.27. The quantitative estimate of drug-likeness (QED) is 0.782. The summed E-state index contributed by atoms with van der Waals surface area (Å²) in [6.45, 7) is 7.46. The Balaban J connectivity index is 2.13. The Morgan fingerprint density at radius 3 is 2.48 bits per heavy atom. The van der Waals surface area contributed by atoms with E-state index in [1.807, 2.05) is 36.1 Å². The molecule has 0 aliphatic carbocycles. The Bertz CT molecular complexity index is 565. The van der Waals surface area contributed by atoms with Gasteiger partial charge in [0.15, 0.2) is 0 Å². The number of carbonyl (C=O) groups is 2. The Morgan fingerprint density at radius 2 is 1.91 bits per heavy atom. The molecule has 23 heavy (non-hydrogen) atoms. The molecule has 6 nitrogen and oxygen atoms in total. The molecule has 0 radical (unpaired) electrons. The number of piperazine rings is 1. The van der Waals surface area contributed by atoms with Gasteiger partial charge >= 0.3 is 6.03 Å². The van der Waals surface area contributed by atoms with Crippen molar-refractivity contribution in [2.24, 2.45) is 5.73 Å². The second kappa shape index (κ2) is 7.46. The van der Waals surface area contributed by atoms with E-state index in [0.717, 1.165) is 11.1 Å². The monoisotopic (exact) mass is 318 g/mol. The third-order valence-electron chi connectivity index (χ3n) is 4.17. The smallest absolute Gasteiger partial charge is 0.312 e. The normalized spacial score (nSPS) is 22.5. The highest BCUT2D eigenvalue weighted by Crippen LogP contribution is 2.22. The molecule has 2 rings (SSSR count). The van der Waals surface area contributed by atoms with Crippen LogP contribution in [0.4, 0.5) is 4.79 Å². The summed E-state index contributed by atoms with van der Waals surface area (Å²) in [6, 6.07) is 7.23. The van der Waals surface area contributed by atoms with E-state index in [4.69, 9.17) is 5.73 Å². The van der Waals surface area contributed by atoms with E-state index in [9.17, 15) is 9.59 Å². The number of amides is 3. The van der Waals surface area contributed by atoms with Gasteiger partial charge in [-0.15, -0.1) is 0 Å². The van der Waals surface area contributed by atoms with Crippen LogP contribution >= 0.6 is 0 Å². The van der Waals surface area contributed by atoms with E-state index in [1.54, 1.807) is 0 Å². The molecule has 4 N–H and O–H groups in total. The van der Waals surface area contributed by atoms with Gasteiger partial charge in [-0.1, -0.05) is 24.3 Å². The van der Waals surface area contributed by atoms with Gasteiger partial charge in [-0.25, -0.2) is 4.79 Å². The van der Waals surface area contributed by atoms with Crippen molar-refractivity contribution in [1.82, 2.24) is 15.5 Å². The number of nitrogens with two attached hydrogens (primary N) is 1. The first-order chi connectivity index (χ1) is 10.9. The van der Waals surface area contributed by atoms with Crippen molar-refractivity contribution in [3.05, 3.63) is 35.4 Å². The summed E-state index contributed by atoms with van der Waals surface area (Å²) in [5.74, 6) is 0.0344. The van der Waals surface area contributed by atoms with Crippen LogP contribution < -0.4 is 16.4 Å². The summed E-state index contributed by atoms with van der Waals surface area (Å²) in [5, 5.41) is 6.11. The number of carbonyl (C=O) groups excluding carboxylic acids is 2. The summed E-state index contributed by atoms with van der Waals surface area (Å²) < 4.78 is 0. The maximum absolute atomic E-state index is 12.7. The molecule has 3 amide bonds. The van der Waals surface area contributed by atoms with Crippen molar-refractivity contribution in [2.45, 2.75) is 45.3 Å². The molecule has 0 bridgehead atoms. The molecule has 1 aliphatic heterocycles. The van der Waals surface area contributed by atoms with Gasteiger partial charge in [0.05, 0.1) is 12.5 Å². The highest BCUT2D eigenvalue weighted by atomic mass is 16.2. The van der Waals surface area contributed by atoms with Crippen molar-refractivity contribution in [3.63, 3.8) is 0 Å². The topological polar surface area (TPSA) is 87.5 Å². The second-order valence-electron chi connectivity index (χ2n) is 6.39. The minimum atomic E-state index is -0.617. The van der Waals surface area contributed by atoms with Crippen LogP contribution in [0.25, 0.3) is 0 Å². The molecule has 1 aromatic rings. The van der Waals surface area contributed by atoms with E-state index < -0.39 is 12.1 Å². The first-order valence-electron chi connectivity index (χ1n) is 8.02. The standard InChI is InChI=1S/C17H26N4O2/c1-11-6-4-5-7-14(11)15(20-17(18)23)8-16(22)21-9-12(2)19-13(3)10-21/h4-7,12-13,15,19H,8-10H2,1-3H3,(H3,18,20,23)/t12-,13-,15-/m0/s1. The summed E-state index contributed by atoms with van der Waals surface area (Å²) >= 11 is 0. The summed E-state index contributed by atoms with van der Waals surface area (Å²) in [5.41, 5.74) is 7.25. The minimum absolute atomic E-state index is 0.0344. The molecule has 1 aliphatic rings. The van der Waals surface area contributed by atoms with Gasteiger partial charge in [0, 0.05) is 25.2 Å². The third-order valence-corrected chi connectivity index (χ3v) is 4.17. The van der Waals surface area contributed by atoms with Crippen LogP contribution in [-0.2, 0) is 4.79 Å². The van der Waals surface area contributed by atoms with Crippen molar-refractivity contribution in [2.75, 3.05) is 13.1 Å². The fourth-order valence-electron chi connectivity index (χ4n) is 3.22. The lowest BCUT2D eigenvalue weighted by molar-refractivity contribution is -0.133. The number of primary amides is 1. The van der Waals surface area contributed by atoms with Crippen molar-refractivity contribution in [1.29, 1.82) is 0 Å². The lowest BCUT2D eigenvalue weighted by atomic mass is 9.98. The zero-order chi connectivity index (χ0) is 17.0. The van der Waals surface area contributed by atoms with Gasteiger partial charge in [-0.05, 0) is 31.9 Å². The Morgan fingerprint density at radius 1 is 1.30 bits per heavy atom. The molecule has 3 atom stereocenters. The van der Waals surface area contributed by atoms with Gasteiger partial charge in [0.2, 0.25) is 5.91 Å². The van der Waals surface area contributed by atoms with Gasteiger partial charge in [0.25, 0.3) is 0 Å². The van der Waals surface area contributed by atoms with Crippen LogP contribution in [0.5, 0.6) is 0 Å². The first kappa shape index (κ1) is 17.3. The van der Waals surface area contributed by atoms with Crippen LogP contribution in [0.2, 0.25) is 0 Å². The van der Waals surface area contributed by atoms with E-state index in [2.05, 4.69) is 24.5 Å². The zero-order valence-corrected chi connectivity index (χ0v) is 14.0. The van der Waals surface area contributed by atoms with E-state index in [1.165, 1.54) is 0 Å². The molecule has 0 unspecified atom stereocenters. The Hall–Kier alpha value is -2.08. The molecule has 1 fully saturated rings. The molecule has 1 aromatic carbocycles. The Kier molecular flexibility index (Phi) is 5.60. The van der Waals surface area contributed by atoms with Gasteiger partial charge in [-0.2, -0.15) is 0 Å². The molecule has 1 heterocycles. The average molecular weight is 318 g/mol. The highest BCUT2D eigenvalue weighted by molar-refractivity contribution is 5.79. The number of urea groups is 1. The second-order valence-corrected chi connectivity index (χ2v) is 6.39. The van der Waals surface area contributed by atoms with Gasteiger partial charge < -0.3 is 21.3 Å². The minimum Gasteiger partial charge on any atom is -0.352 e. The van der Waals surface area contributed by atoms with Crippen molar-refractivity contribution >= 4 is 11.9 Å². The maximum Gasteiger partial charge on any atom is 0.312 e.